The van der Waals surface area contributed by atoms with Gasteiger partial charge in [0.1, 0.15) is 0 Å². The zero-order valence-corrected chi connectivity index (χ0v) is 19.3. The van der Waals surface area contributed by atoms with Gasteiger partial charge in [0.2, 0.25) is 0 Å². The first kappa shape index (κ1) is 23.7. The molecule has 0 saturated heterocycles. The number of halogens is 3. The first-order valence-corrected chi connectivity index (χ1v) is 11.4. The molecule has 168 valence electrons. The zero-order valence-electron chi connectivity index (χ0n) is 18.6. The molecule has 3 rings (SSSR count). The molecule has 1 aliphatic rings. The molecule has 0 aliphatic carbocycles. The van der Waals surface area contributed by atoms with Crippen molar-refractivity contribution >= 4 is 23.2 Å². The predicted octanol–water partition coefficient (Wildman–Crippen LogP) is 6.44. The molecule has 31 heavy (non-hydrogen) atoms. The van der Waals surface area contributed by atoms with E-state index in [-0.39, 0.29) is 11.0 Å². The summed E-state index contributed by atoms with van der Waals surface area (Å²) >= 11 is 6.32. The van der Waals surface area contributed by atoms with Crippen LogP contribution in [0, 0.1) is 11.6 Å². The van der Waals surface area contributed by atoms with Gasteiger partial charge in [-0.25, -0.2) is 8.78 Å². The Balaban J connectivity index is 1.90. The van der Waals surface area contributed by atoms with Crippen LogP contribution in [0.15, 0.2) is 36.4 Å². The summed E-state index contributed by atoms with van der Waals surface area (Å²) in [5.41, 5.74) is 1.21. The Morgan fingerprint density at radius 1 is 1.16 bits per heavy atom. The van der Waals surface area contributed by atoms with E-state index in [0.717, 1.165) is 49.7 Å². The van der Waals surface area contributed by atoms with Crippen molar-refractivity contribution in [2.45, 2.75) is 51.4 Å². The molecule has 1 heterocycles. The van der Waals surface area contributed by atoms with Gasteiger partial charge in [0.05, 0.1) is 5.56 Å². The Hall–Kier alpha value is -1.98. The molecule has 1 amide bonds. The van der Waals surface area contributed by atoms with Crippen LogP contribution >= 0.6 is 11.6 Å². The highest BCUT2D eigenvalue weighted by Gasteiger charge is 2.44. The van der Waals surface area contributed by atoms with Crippen molar-refractivity contribution in [2.24, 2.45) is 0 Å². The standard InChI is InChI=1S/C25H31ClF2N2O/c1-4-6-7-14-29(3)15-13-25(5-2)17-30(22-12-11-18(26)16-20(22)25)24(31)19-9-8-10-21(27)23(19)28/h8-12,16H,4-7,13-15,17H2,1-3H3. The summed E-state index contributed by atoms with van der Waals surface area (Å²) in [5, 5.41) is 0.610. The van der Waals surface area contributed by atoms with Gasteiger partial charge in [-0.2, -0.15) is 0 Å². The molecule has 1 aliphatic heterocycles. The molecule has 0 radical (unpaired) electrons. The van der Waals surface area contributed by atoms with Crippen LogP contribution in [0.1, 0.15) is 61.9 Å². The molecule has 1 unspecified atom stereocenters. The number of anilines is 1. The molecule has 6 heteroatoms. The molecular formula is C25H31ClF2N2O. The second kappa shape index (κ2) is 10.1. The van der Waals surface area contributed by atoms with Crippen LogP contribution in [0.25, 0.3) is 0 Å². The summed E-state index contributed by atoms with van der Waals surface area (Å²) in [6, 6.07) is 9.20. The molecule has 3 nitrogen and oxygen atoms in total. The summed E-state index contributed by atoms with van der Waals surface area (Å²) in [4.78, 5) is 17.2. The Bertz CT molecular complexity index is 936. The van der Waals surface area contributed by atoms with E-state index in [4.69, 9.17) is 11.6 Å². The average Bonchev–Trinajstić information content (AvgIpc) is 3.08. The van der Waals surface area contributed by atoms with E-state index in [1.807, 2.05) is 12.1 Å². The summed E-state index contributed by atoms with van der Waals surface area (Å²) < 4.78 is 28.1. The lowest BCUT2D eigenvalue weighted by atomic mass is 9.77. The number of hydrogen-bond acceptors (Lipinski definition) is 2. The number of benzene rings is 2. The van der Waals surface area contributed by atoms with Crippen molar-refractivity contribution in [3.8, 4) is 0 Å². The van der Waals surface area contributed by atoms with E-state index in [9.17, 15) is 13.6 Å². The van der Waals surface area contributed by atoms with E-state index in [0.29, 0.717) is 11.6 Å². The van der Waals surface area contributed by atoms with Crippen molar-refractivity contribution in [3.05, 3.63) is 64.2 Å². The predicted molar refractivity (Wildman–Crippen MR) is 123 cm³/mol. The van der Waals surface area contributed by atoms with Gasteiger partial charge in [0, 0.05) is 22.7 Å². The number of amides is 1. The lowest BCUT2D eigenvalue weighted by molar-refractivity contribution is 0.0978. The molecule has 1 atom stereocenters. The van der Waals surface area contributed by atoms with Crippen LogP contribution in [-0.2, 0) is 5.41 Å². The van der Waals surface area contributed by atoms with Crippen molar-refractivity contribution in [1.29, 1.82) is 0 Å². The maximum absolute atomic E-state index is 14.4. The highest BCUT2D eigenvalue weighted by atomic mass is 35.5. The quantitative estimate of drug-likeness (QED) is 0.412. The van der Waals surface area contributed by atoms with E-state index in [1.165, 1.54) is 25.0 Å². The molecule has 2 aromatic rings. The van der Waals surface area contributed by atoms with Crippen LogP contribution in [-0.4, -0.2) is 37.5 Å². The SMILES string of the molecule is CCCCCN(C)CCC1(CC)CN(C(=O)c2cccc(F)c2F)c2ccc(Cl)cc21. The third kappa shape index (κ3) is 4.93. The molecule has 0 aromatic heterocycles. The molecule has 0 N–H and O–H groups in total. The summed E-state index contributed by atoms with van der Waals surface area (Å²) in [6.07, 6.45) is 5.24. The first-order chi connectivity index (χ1) is 14.8. The van der Waals surface area contributed by atoms with E-state index in [2.05, 4.69) is 25.8 Å². The third-order valence-corrected chi connectivity index (χ3v) is 6.74. The minimum Gasteiger partial charge on any atom is -0.307 e. The lowest BCUT2D eigenvalue weighted by Gasteiger charge is -2.31. The molecule has 0 bridgehead atoms. The fraction of sp³-hybridized carbons (Fsp3) is 0.480. The van der Waals surface area contributed by atoms with Gasteiger partial charge in [0.15, 0.2) is 11.6 Å². The van der Waals surface area contributed by atoms with Gasteiger partial charge in [-0.15, -0.1) is 0 Å². The number of hydrogen-bond donors (Lipinski definition) is 0. The topological polar surface area (TPSA) is 23.6 Å². The fourth-order valence-electron chi connectivity index (χ4n) is 4.48. The number of rotatable bonds is 9. The van der Waals surface area contributed by atoms with E-state index in [1.54, 1.807) is 11.0 Å². The maximum atomic E-state index is 14.4. The van der Waals surface area contributed by atoms with Crippen molar-refractivity contribution in [2.75, 3.05) is 31.6 Å². The zero-order chi connectivity index (χ0) is 22.6. The van der Waals surface area contributed by atoms with Crippen LogP contribution in [0.4, 0.5) is 14.5 Å². The highest BCUT2D eigenvalue weighted by Crippen LogP contribution is 2.47. The Morgan fingerprint density at radius 2 is 1.94 bits per heavy atom. The molecule has 0 saturated carbocycles. The minimum absolute atomic E-state index is 0.246. The van der Waals surface area contributed by atoms with Crippen molar-refractivity contribution < 1.29 is 13.6 Å². The van der Waals surface area contributed by atoms with Gasteiger partial charge in [-0.1, -0.05) is 44.4 Å². The molecule has 0 spiro atoms. The second-order valence-corrected chi connectivity index (χ2v) is 8.98. The van der Waals surface area contributed by atoms with Crippen LogP contribution in [0.5, 0.6) is 0 Å². The minimum atomic E-state index is -1.10. The fourth-order valence-corrected chi connectivity index (χ4v) is 4.65. The van der Waals surface area contributed by atoms with Crippen molar-refractivity contribution in [3.63, 3.8) is 0 Å². The van der Waals surface area contributed by atoms with Gasteiger partial charge in [0.25, 0.3) is 5.91 Å². The molecule has 0 fully saturated rings. The first-order valence-electron chi connectivity index (χ1n) is 11.1. The lowest BCUT2D eigenvalue weighted by Crippen LogP contribution is -2.39. The summed E-state index contributed by atoms with van der Waals surface area (Å²) in [7, 11) is 2.12. The van der Waals surface area contributed by atoms with Gasteiger partial charge < -0.3 is 9.80 Å². The largest absolute Gasteiger partial charge is 0.307 e. The van der Waals surface area contributed by atoms with Crippen LogP contribution in [0.2, 0.25) is 5.02 Å². The smallest absolute Gasteiger partial charge is 0.261 e. The Labute approximate surface area is 189 Å². The van der Waals surface area contributed by atoms with E-state index < -0.39 is 17.5 Å². The third-order valence-electron chi connectivity index (χ3n) is 6.50. The molecule has 2 aromatic carbocycles. The van der Waals surface area contributed by atoms with Crippen LogP contribution < -0.4 is 4.90 Å². The number of fused-ring (bicyclic) bond motifs is 1. The Kier molecular flexibility index (Phi) is 7.71. The highest BCUT2D eigenvalue weighted by molar-refractivity contribution is 6.30. The van der Waals surface area contributed by atoms with Gasteiger partial charge >= 0.3 is 0 Å². The number of carbonyl (C=O) groups is 1. The number of unbranched alkanes of at least 4 members (excludes halogenated alkanes) is 2. The second-order valence-electron chi connectivity index (χ2n) is 8.55. The monoisotopic (exact) mass is 448 g/mol. The van der Waals surface area contributed by atoms with E-state index >= 15 is 0 Å². The summed E-state index contributed by atoms with van der Waals surface area (Å²) in [6.45, 7) is 6.65. The number of nitrogens with zero attached hydrogens (tertiary/aromatic N) is 2. The maximum Gasteiger partial charge on any atom is 0.261 e. The normalized spacial score (nSPS) is 18.0. The molecular weight excluding hydrogens is 418 g/mol. The number of carbonyl (C=O) groups excluding carboxylic acids is 1. The summed E-state index contributed by atoms with van der Waals surface area (Å²) in [5.74, 6) is -2.64. The van der Waals surface area contributed by atoms with Crippen LogP contribution in [0.3, 0.4) is 0 Å². The van der Waals surface area contributed by atoms with Crippen molar-refractivity contribution in [1.82, 2.24) is 4.90 Å². The van der Waals surface area contributed by atoms with Gasteiger partial charge in [-0.05, 0) is 75.3 Å². The average molecular weight is 449 g/mol. The Morgan fingerprint density at radius 3 is 2.65 bits per heavy atom. The van der Waals surface area contributed by atoms with Gasteiger partial charge in [-0.3, -0.25) is 4.79 Å².